The Hall–Kier alpha value is -1.35. The zero-order valence-corrected chi connectivity index (χ0v) is 12.3. The SMILES string of the molecule is Cc1ccc2c(c1)C(Nc1cc(F)ccc1Br)CC2. The molecule has 0 spiro atoms. The van der Waals surface area contributed by atoms with E-state index in [9.17, 15) is 4.39 Å². The molecule has 0 amide bonds. The standard InChI is InChI=1S/C16H15BrFN/c1-10-2-3-11-4-7-15(13(11)8-10)19-16-9-12(18)5-6-14(16)17/h2-3,5-6,8-9,15,19H,4,7H2,1H3. The summed E-state index contributed by atoms with van der Waals surface area (Å²) in [5, 5.41) is 3.45. The maximum absolute atomic E-state index is 13.3. The number of hydrogen-bond donors (Lipinski definition) is 1. The molecule has 0 fully saturated rings. The van der Waals surface area contributed by atoms with Gasteiger partial charge in [-0.1, -0.05) is 23.8 Å². The van der Waals surface area contributed by atoms with Crippen molar-refractivity contribution in [1.82, 2.24) is 0 Å². The molecule has 0 aromatic heterocycles. The van der Waals surface area contributed by atoms with Crippen LogP contribution in [0.15, 0.2) is 40.9 Å². The molecule has 3 heteroatoms. The predicted octanol–water partition coefficient (Wildman–Crippen LogP) is 5.00. The van der Waals surface area contributed by atoms with Gasteiger partial charge >= 0.3 is 0 Å². The molecule has 1 aliphatic rings. The number of hydrogen-bond acceptors (Lipinski definition) is 1. The third-order valence-corrected chi connectivity index (χ3v) is 4.33. The fourth-order valence-corrected chi connectivity index (χ4v) is 3.03. The van der Waals surface area contributed by atoms with Gasteiger partial charge in [-0.05, 0) is 65.0 Å². The maximum atomic E-state index is 13.3. The van der Waals surface area contributed by atoms with Crippen molar-refractivity contribution in [1.29, 1.82) is 0 Å². The average Bonchev–Trinajstić information content (AvgIpc) is 2.77. The van der Waals surface area contributed by atoms with Crippen molar-refractivity contribution in [2.45, 2.75) is 25.8 Å². The van der Waals surface area contributed by atoms with Gasteiger partial charge in [-0.25, -0.2) is 4.39 Å². The summed E-state index contributed by atoms with van der Waals surface area (Å²) in [5.41, 5.74) is 4.83. The van der Waals surface area contributed by atoms with Crippen LogP contribution in [0.5, 0.6) is 0 Å². The second-order valence-corrected chi connectivity index (χ2v) is 5.92. The number of fused-ring (bicyclic) bond motifs is 1. The van der Waals surface area contributed by atoms with Gasteiger partial charge in [0.2, 0.25) is 0 Å². The largest absolute Gasteiger partial charge is 0.377 e. The van der Waals surface area contributed by atoms with E-state index in [1.807, 2.05) is 0 Å². The van der Waals surface area contributed by atoms with Crippen LogP contribution in [0.25, 0.3) is 0 Å². The Balaban J connectivity index is 1.90. The highest BCUT2D eigenvalue weighted by Crippen LogP contribution is 2.36. The third-order valence-electron chi connectivity index (χ3n) is 3.64. The minimum absolute atomic E-state index is 0.215. The minimum atomic E-state index is -0.215. The van der Waals surface area contributed by atoms with Gasteiger partial charge in [-0.15, -0.1) is 0 Å². The van der Waals surface area contributed by atoms with E-state index in [0.717, 1.165) is 23.0 Å². The van der Waals surface area contributed by atoms with Crippen LogP contribution in [0.2, 0.25) is 0 Å². The molecule has 1 aliphatic carbocycles. The van der Waals surface area contributed by atoms with Crippen LogP contribution in [0.3, 0.4) is 0 Å². The molecule has 0 bridgehead atoms. The second kappa shape index (κ2) is 4.97. The molecule has 0 saturated heterocycles. The Morgan fingerprint density at radius 2 is 2.05 bits per heavy atom. The number of anilines is 1. The van der Waals surface area contributed by atoms with Crippen LogP contribution in [0.1, 0.15) is 29.2 Å². The van der Waals surface area contributed by atoms with Crippen molar-refractivity contribution in [2.24, 2.45) is 0 Å². The van der Waals surface area contributed by atoms with E-state index < -0.39 is 0 Å². The second-order valence-electron chi connectivity index (χ2n) is 5.06. The van der Waals surface area contributed by atoms with Crippen LogP contribution in [-0.4, -0.2) is 0 Å². The Bertz CT molecular complexity index is 624. The minimum Gasteiger partial charge on any atom is -0.377 e. The first-order chi connectivity index (χ1) is 9.13. The number of halogens is 2. The van der Waals surface area contributed by atoms with Crippen molar-refractivity contribution < 1.29 is 4.39 Å². The molecule has 2 aromatic rings. The van der Waals surface area contributed by atoms with E-state index in [1.54, 1.807) is 6.07 Å². The highest BCUT2D eigenvalue weighted by Gasteiger charge is 2.22. The zero-order chi connectivity index (χ0) is 13.4. The quantitative estimate of drug-likeness (QED) is 0.821. The Morgan fingerprint density at radius 1 is 1.21 bits per heavy atom. The van der Waals surface area contributed by atoms with E-state index in [2.05, 4.69) is 46.4 Å². The monoisotopic (exact) mass is 319 g/mol. The molecule has 0 radical (unpaired) electrons. The third kappa shape index (κ3) is 2.52. The molecule has 1 nitrogen and oxygen atoms in total. The van der Waals surface area contributed by atoms with E-state index >= 15 is 0 Å². The molecule has 1 atom stereocenters. The van der Waals surface area contributed by atoms with Crippen molar-refractivity contribution in [3.63, 3.8) is 0 Å². The molecule has 0 aliphatic heterocycles. The summed E-state index contributed by atoms with van der Waals surface area (Å²) in [7, 11) is 0. The summed E-state index contributed by atoms with van der Waals surface area (Å²) < 4.78 is 14.2. The topological polar surface area (TPSA) is 12.0 Å². The summed E-state index contributed by atoms with van der Waals surface area (Å²) in [6.07, 6.45) is 2.14. The highest BCUT2D eigenvalue weighted by molar-refractivity contribution is 9.10. The molecule has 19 heavy (non-hydrogen) atoms. The van der Waals surface area contributed by atoms with Crippen molar-refractivity contribution in [3.8, 4) is 0 Å². The van der Waals surface area contributed by atoms with Gasteiger partial charge in [0.15, 0.2) is 0 Å². The van der Waals surface area contributed by atoms with E-state index in [4.69, 9.17) is 0 Å². The molecule has 0 heterocycles. The lowest BCUT2D eigenvalue weighted by Crippen LogP contribution is -2.08. The van der Waals surface area contributed by atoms with Gasteiger partial charge < -0.3 is 5.32 Å². The molecular weight excluding hydrogens is 305 g/mol. The predicted molar refractivity (Wildman–Crippen MR) is 80.0 cm³/mol. The van der Waals surface area contributed by atoms with Crippen molar-refractivity contribution in [2.75, 3.05) is 5.32 Å². The van der Waals surface area contributed by atoms with Crippen LogP contribution in [0.4, 0.5) is 10.1 Å². The van der Waals surface area contributed by atoms with Gasteiger partial charge in [0.25, 0.3) is 0 Å². The average molecular weight is 320 g/mol. The van der Waals surface area contributed by atoms with Gasteiger partial charge in [0.05, 0.1) is 11.7 Å². The van der Waals surface area contributed by atoms with Crippen LogP contribution in [-0.2, 0) is 6.42 Å². The molecule has 1 N–H and O–H groups in total. The highest BCUT2D eigenvalue weighted by atomic mass is 79.9. The van der Waals surface area contributed by atoms with Gasteiger partial charge in [0, 0.05) is 4.47 Å². The molecule has 2 aromatic carbocycles. The molecular formula is C16H15BrFN. The molecule has 0 saturated carbocycles. The summed E-state index contributed by atoms with van der Waals surface area (Å²) >= 11 is 3.46. The lowest BCUT2D eigenvalue weighted by Gasteiger charge is -2.17. The molecule has 98 valence electrons. The van der Waals surface area contributed by atoms with E-state index in [1.165, 1.54) is 28.8 Å². The van der Waals surface area contributed by atoms with Crippen molar-refractivity contribution >= 4 is 21.6 Å². The first-order valence-electron chi connectivity index (χ1n) is 6.44. The van der Waals surface area contributed by atoms with Crippen LogP contribution in [0, 0.1) is 12.7 Å². The van der Waals surface area contributed by atoms with E-state index in [-0.39, 0.29) is 11.9 Å². The zero-order valence-electron chi connectivity index (χ0n) is 10.7. The number of aryl methyl sites for hydroxylation is 2. The Kier molecular flexibility index (Phi) is 3.31. The van der Waals surface area contributed by atoms with Gasteiger partial charge in [-0.2, -0.15) is 0 Å². The summed E-state index contributed by atoms with van der Waals surface area (Å²) in [6.45, 7) is 2.10. The molecule has 1 unspecified atom stereocenters. The molecule has 3 rings (SSSR count). The fraction of sp³-hybridized carbons (Fsp3) is 0.250. The van der Waals surface area contributed by atoms with Crippen LogP contribution >= 0.6 is 15.9 Å². The number of nitrogens with one attached hydrogen (secondary N) is 1. The fourth-order valence-electron chi connectivity index (χ4n) is 2.67. The maximum Gasteiger partial charge on any atom is 0.125 e. The summed E-state index contributed by atoms with van der Waals surface area (Å²) in [5.74, 6) is -0.215. The lowest BCUT2D eigenvalue weighted by molar-refractivity contribution is 0.627. The Labute approximate surface area is 121 Å². The summed E-state index contributed by atoms with van der Waals surface area (Å²) in [6, 6.07) is 11.6. The Morgan fingerprint density at radius 3 is 2.89 bits per heavy atom. The van der Waals surface area contributed by atoms with Crippen LogP contribution < -0.4 is 5.32 Å². The lowest BCUT2D eigenvalue weighted by atomic mass is 10.0. The number of rotatable bonds is 2. The van der Waals surface area contributed by atoms with Gasteiger partial charge in [-0.3, -0.25) is 0 Å². The first kappa shape index (κ1) is 12.7. The normalized spacial score (nSPS) is 17.3. The number of benzene rings is 2. The first-order valence-corrected chi connectivity index (χ1v) is 7.24. The summed E-state index contributed by atoms with van der Waals surface area (Å²) in [4.78, 5) is 0. The smallest absolute Gasteiger partial charge is 0.125 e. The van der Waals surface area contributed by atoms with Crippen molar-refractivity contribution in [3.05, 3.63) is 63.4 Å². The van der Waals surface area contributed by atoms with E-state index in [0.29, 0.717) is 0 Å². The van der Waals surface area contributed by atoms with Gasteiger partial charge in [0.1, 0.15) is 5.82 Å².